The van der Waals surface area contributed by atoms with Crippen LogP contribution in [0.4, 0.5) is 0 Å². The summed E-state index contributed by atoms with van der Waals surface area (Å²) in [4.78, 5) is 4.42. The lowest BCUT2D eigenvalue weighted by Gasteiger charge is -2.32. The van der Waals surface area contributed by atoms with Gasteiger partial charge in [-0.05, 0) is 45.4 Å². The van der Waals surface area contributed by atoms with Gasteiger partial charge in [0.05, 0.1) is 30.0 Å². The predicted octanol–water partition coefficient (Wildman–Crippen LogP) is 1.47. The maximum Gasteiger partial charge on any atom is 0.514 e. The van der Waals surface area contributed by atoms with Crippen molar-refractivity contribution in [1.82, 2.24) is 4.98 Å². The first kappa shape index (κ1) is 15.0. The van der Waals surface area contributed by atoms with Crippen LogP contribution in [0.3, 0.4) is 0 Å². The van der Waals surface area contributed by atoms with Crippen LogP contribution >= 0.6 is 0 Å². The second-order valence-electron chi connectivity index (χ2n) is 6.66. The molecule has 0 saturated carbocycles. The fourth-order valence-corrected chi connectivity index (χ4v) is 2.49. The molecule has 5 nitrogen and oxygen atoms in total. The average molecular weight is 291 g/mol. The molecule has 2 aliphatic rings. The Kier molecular flexibility index (Phi) is 3.82. The Hall–Kier alpha value is -0.945. The fraction of sp³-hybridized carbons (Fsp3) is 0.667. The van der Waals surface area contributed by atoms with Gasteiger partial charge in [0.25, 0.3) is 0 Å². The third-order valence-electron chi connectivity index (χ3n) is 4.58. The number of hydrogen-bond donors (Lipinski definition) is 0. The second-order valence-corrected chi connectivity index (χ2v) is 6.66. The van der Waals surface area contributed by atoms with Crippen molar-refractivity contribution in [3.63, 3.8) is 0 Å². The molecule has 0 atom stereocenters. The van der Waals surface area contributed by atoms with Gasteiger partial charge in [-0.1, -0.05) is 0 Å². The highest BCUT2D eigenvalue weighted by Crippen LogP contribution is 2.36. The van der Waals surface area contributed by atoms with Gasteiger partial charge in [0.1, 0.15) is 6.79 Å². The van der Waals surface area contributed by atoms with E-state index >= 15 is 0 Å². The predicted molar refractivity (Wildman–Crippen MR) is 79.5 cm³/mol. The molecule has 0 aromatic carbocycles. The summed E-state index contributed by atoms with van der Waals surface area (Å²) >= 11 is 0. The Morgan fingerprint density at radius 3 is 2.33 bits per heavy atom. The van der Waals surface area contributed by atoms with Crippen molar-refractivity contribution in [3.05, 3.63) is 23.9 Å². The Morgan fingerprint density at radius 1 is 1.10 bits per heavy atom. The molecule has 2 saturated heterocycles. The summed E-state index contributed by atoms with van der Waals surface area (Å²) in [7, 11) is -0.430. The standard InChI is InChI=1S/C15H22BNO4/c1-14(2)15(3,4)21-16(20-14)13-7-11(5-6-17-13)12-8-18-10-19-9-12/h5-7,12H,8-10H2,1-4H3. The maximum absolute atomic E-state index is 6.05. The van der Waals surface area contributed by atoms with Crippen LogP contribution in [0, 0.1) is 0 Å². The lowest BCUT2D eigenvalue weighted by Crippen LogP contribution is -2.41. The highest BCUT2D eigenvalue weighted by atomic mass is 16.7. The minimum atomic E-state index is -0.430. The zero-order valence-electron chi connectivity index (χ0n) is 13.1. The smallest absolute Gasteiger partial charge is 0.398 e. The molecule has 0 bridgehead atoms. The lowest BCUT2D eigenvalue weighted by atomic mass is 9.82. The molecule has 1 aromatic rings. The first-order valence-electron chi connectivity index (χ1n) is 7.36. The first-order valence-corrected chi connectivity index (χ1v) is 7.36. The number of hydrogen-bond acceptors (Lipinski definition) is 5. The molecule has 21 heavy (non-hydrogen) atoms. The van der Waals surface area contributed by atoms with Crippen LogP contribution in [0.15, 0.2) is 18.3 Å². The lowest BCUT2D eigenvalue weighted by molar-refractivity contribution is -0.108. The molecule has 0 radical (unpaired) electrons. The van der Waals surface area contributed by atoms with Gasteiger partial charge in [-0.15, -0.1) is 0 Å². The molecule has 0 unspecified atom stereocenters. The van der Waals surface area contributed by atoms with Crippen molar-refractivity contribution >= 4 is 12.7 Å². The van der Waals surface area contributed by atoms with E-state index in [1.165, 1.54) is 0 Å². The summed E-state index contributed by atoms with van der Waals surface area (Å²) < 4.78 is 22.8. The summed E-state index contributed by atoms with van der Waals surface area (Å²) in [5, 5.41) is 0. The van der Waals surface area contributed by atoms with Crippen molar-refractivity contribution < 1.29 is 18.8 Å². The average Bonchev–Trinajstić information content (AvgIpc) is 2.69. The largest absolute Gasteiger partial charge is 0.514 e. The van der Waals surface area contributed by atoms with Crippen LogP contribution in [0.2, 0.25) is 0 Å². The maximum atomic E-state index is 6.05. The Labute approximate surface area is 126 Å². The highest BCUT2D eigenvalue weighted by molar-refractivity contribution is 6.61. The Bertz CT molecular complexity index is 498. The van der Waals surface area contributed by atoms with Crippen LogP contribution < -0.4 is 5.59 Å². The van der Waals surface area contributed by atoms with Gasteiger partial charge >= 0.3 is 7.12 Å². The zero-order chi connectivity index (χ0) is 15.1. The topological polar surface area (TPSA) is 49.8 Å². The summed E-state index contributed by atoms with van der Waals surface area (Å²) in [6.45, 7) is 9.89. The molecule has 1 aromatic heterocycles. The molecular weight excluding hydrogens is 269 g/mol. The first-order chi connectivity index (χ1) is 9.89. The third kappa shape index (κ3) is 2.86. The van der Waals surface area contributed by atoms with Gasteiger partial charge in [-0.2, -0.15) is 0 Å². The molecule has 0 aliphatic carbocycles. The molecule has 0 N–H and O–H groups in total. The van der Waals surface area contributed by atoms with Crippen molar-refractivity contribution in [3.8, 4) is 0 Å². The van der Waals surface area contributed by atoms with Crippen molar-refractivity contribution in [1.29, 1.82) is 0 Å². The molecule has 114 valence electrons. The second kappa shape index (κ2) is 5.36. The van der Waals surface area contributed by atoms with E-state index in [0.29, 0.717) is 20.0 Å². The van der Waals surface area contributed by atoms with Crippen molar-refractivity contribution in [2.24, 2.45) is 0 Å². The Morgan fingerprint density at radius 2 is 1.71 bits per heavy atom. The molecule has 6 heteroatoms. The summed E-state index contributed by atoms with van der Waals surface area (Å²) in [5.74, 6) is 0.239. The van der Waals surface area contributed by atoms with E-state index in [0.717, 1.165) is 11.2 Å². The number of rotatable bonds is 2. The normalized spacial score (nSPS) is 25.2. The minimum absolute atomic E-state index is 0.239. The third-order valence-corrected chi connectivity index (χ3v) is 4.58. The number of pyridine rings is 1. The monoisotopic (exact) mass is 291 g/mol. The van der Waals surface area contributed by atoms with E-state index in [-0.39, 0.29) is 17.1 Å². The Balaban J connectivity index is 1.81. The SMILES string of the molecule is CC1(C)OB(c2cc(C3COCOC3)ccn2)OC1(C)C. The molecular formula is C15H22BNO4. The van der Waals surface area contributed by atoms with Gasteiger partial charge in [0.15, 0.2) is 0 Å². The summed E-state index contributed by atoms with van der Waals surface area (Å²) in [5.41, 5.74) is 1.24. The molecule has 0 amide bonds. The van der Waals surface area contributed by atoms with E-state index in [1.807, 2.05) is 39.8 Å². The van der Waals surface area contributed by atoms with Crippen molar-refractivity contribution in [2.75, 3.05) is 20.0 Å². The van der Waals surface area contributed by atoms with Gasteiger partial charge in [-0.3, -0.25) is 4.98 Å². The van der Waals surface area contributed by atoms with E-state index in [9.17, 15) is 0 Å². The quantitative estimate of drug-likeness (QED) is 0.772. The minimum Gasteiger partial charge on any atom is -0.398 e. The van der Waals surface area contributed by atoms with Gasteiger partial charge in [0.2, 0.25) is 0 Å². The molecule has 2 aliphatic heterocycles. The van der Waals surface area contributed by atoms with E-state index in [4.69, 9.17) is 18.8 Å². The molecule has 3 rings (SSSR count). The zero-order valence-corrected chi connectivity index (χ0v) is 13.1. The number of aromatic nitrogens is 1. The van der Waals surface area contributed by atoms with Gasteiger partial charge in [-0.25, -0.2) is 0 Å². The molecule has 2 fully saturated rings. The molecule has 0 spiro atoms. The fourth-order valence-electron chi connectivity index (χ4n) is 2.49. The summed E-state index contributed by atoms with van der Waals surface area (Å²) in [6.07, 6.45) is 1.80. The number of nitrogens with zero attached hydrogens (tertiary/aromatic N) is 1. The van der Waals surface area contributed by atoms with Crippen molar-refractivity contribution in [2.45, 2.75) is 44.8 Å². The van der Waals surface area contributed by atoms with Crippen LogP contribution in [-0.2, 0) is 18.8 Å². The van der Waals surface area contributed by atoms with Crippen LogP contribution in [0.1, 0.15) is 39.2 Å². The van der Waals surface area contributed by atoms with E-state index in [1.54, 1.807) is 6.20 Å². The van der Waals surface area contributed by atoms with Crippen LogP contribution in [0.5, 0.6) is 0 Å². The summed E-state index contributed by atoms with van der Waals surface area (Å²) in [6, 6.07) is 4.03. The molecule has 3 heterocycles. The van der Waals surface area contributed by atoms with E-state index < -0.39 is 7.12 Å². The van der Waals surface area contributed by atoms with Crippen LogP contribution in [0.25, 0.3) is 0 Å². The van der Waals surface area contributed by atoms with Gasteiger partial charge in [0, 0.05) is 12.1 Å². The number of ether oxygens (including phenoxy) is 2. The van der Waals surface area contributed by atoms with Gasteiger partial charge < -0.3 is 18.8 Å². The van der Waals surface area contributed by atoms with Crippen LogP contribution in [-0.4, -0.2) is 43.3 Å². The highest BCUT2D eigenvalue weighted by Gasteiger charge is 2.52. The van der Waals surface area contributed by atoms with E-state index in [2.05, 4.69) is 4.98 Å².